The second-order valence-electron chi connectivity index (χ2n) is 5.08. The first-order valence-corrected chi connectivity index (χ1v) is 7.75. The maximum atomic E-state index is 4.66. The van der Waals surface area contributed by atoms with Crippen molar-refractivity contribution in [3.05, 3.63) is 71.3 Å². The van der Waals surface area contributed by atoms with E-state index in [-0.39, 0.29) is 0 Å². The summed E-state index contributed by atoms with van der Waals surface area (Å²) in [6.45, 7) is 0. The fourth-order valence-corrected chi connectivity index (χ4v) is 2.70. The van der Waals surface area contributed by atoms with Gasteiger partial charge in [-0.15, -0.1) is 0 Å². The molecule has 0 aliphatic rings. The molecule has 1 N–H and O–H groups in total. The number of halogens is 1. The second kappa shape index (κ2) is 5.39. The summed E-state index contributed by atoms with van der Waals surface area (Å²) in [4.78, 5) is 9.17. The Morgan fingerprint density at radius 2 is 1.50 bits per heavy atom. The zero-order chi connectivity index (χ0) is 14.9. The molecule has 0 saturated carbocycles. The monoisotopic (exact) mass is 349 g/mol. The van der Waals surface area contributed by atoms with Crippen molar-refractivity contribution in [1.29, 1.82) is 0 Å². The Balaban J connectivity index is 1.76. The molecule has 0 unspecified atom stereocenters. The lowest BCUT2D eigenvalue weighted by Gasteiger charge is -2.07. The van der Waals surface area contributed by atoms with Crippen LogP contribution in [0.1, 0.15) is 0 Å². The first-order valence-electron chi connectivity index (χ1n) is 6.96. The Morgan fingerprint density at radius 1 is 0.818 bits per heavy atom. The number of nitrogens with zero attached hydrogens (tertiary/aromatic N) is 2. The van der Waals surface area contributed by atoms with Crippen LogP contribution in [-0.4, -0.2) is 9.97 Å². The summed E-state index contributed by atoms with van der Waals surface area (Å²) >= 11 is 3.43. The fourth-order valence-electron chi connectivity index (χ4n) is 2.44. The van der Waals surface area contributed by atoms with E-state index in [1.54, 1.807) is 6.20 Å². The molecule has 0 spiro atoms. The molecule has 3 aromatic carbocycles. The Morgan fingerprint density at radius 3 is 2.23 bits per heavy atom. The first kappa shape index (κ1) is 13.2. The summed E-state index contributed by atoms with van der Waals surface area (Å²) < 4.78 is 1.05. The van der Waals surface area contributed by atoms with Gasteiger partial charge in [-0.25, -0.2) is 4.98 Å². The van der Waals surface area contributed by atoms with Crippen LogP contribution in [0.4, 0.5) is 11.5 Å². The molecule has 106 valence electrons. The molecule has 1 aromatic heterocycles. The Kier molecular flexibility index (Phi) is 3.24. The summed E-state index contributed by atoms with van der Waals surface area (Å²) in [5.74, 6) is 0.741. The third-order valence-corrected chi connectivity index (χ3v) is 4.06. The predicted molar refractivity (Wildman–Crippen MR) is 94.5 cm³/mol. The van der Waals surface area contributed by atoms with E-state index < -0.39 is 0 Å². The average molecular weight is 350 g/mol. The molecule has 0 amide bonds. The van der Waals surface area contributed by atoms with E-state index >= 15 is 0 Å². The lowest BCUT2D eigenvalue weighted by Crippen LogP contribution is -1.95. The van der Waals surface area contributed by atoms with Gasteiger partial charge in [0.25, 0.3) is 0 Å². The Labute approximate surface area is 136 Å². The third kappa shape index (κ3) is 2.53. The Hall–Kier alpha value is -2.46. The highest BCUT2D eigenvalue weighted by Crippen LogP contribution is 2.23. The van der Waals surface area contributed by atoms with Gasteiger partial charge in [0.1, 0.15) is 5.82 Å². The van der Waals surface area contributed by atoms with Gasteiger partial charge in [0, 0.05) is 10.2 Å². The van der Waals surface area contributed by atoms with Gasteiger partial charge in [-0.2, -0.15) is 0 Å². The largest absolute Gasteiger partial charge is 0.339 e. The number of hydrogen-bond donors (Lipinski definition) is 1. The van der Waals surface area contributed by atoms with Gasteiger partial charge < -0.3 is 5.32 Å². The number of benzene rings is 3. The van der Waals surface area contributed by atoms with Crippen LogP contribution in [0.25, 0.3) is 21.8 Å². The van der Waals surface area contributed by atoms with Crippen LogP contribution in [0, 0.1) is 0 Å². The van der Waals surface area contributed by atoms with Crippen molar-refractivity contribution in [3.8, 4) is 0 Å². The number of fused-ring (bicyclic) bond motifs is 2. The summed E-state index contributed by atoms with van der Waals surface area (Å²) in [5, 5.41) is 5.63. The standard InChI is InChI=1S/C18H12BrN3/c19-14-5-7-15(8-6-14)21-18-11-20-16-9-12-3-1-2-4-13(12)10-17(16)22-18/h1-11H,(H,21,22). The number of hydrogen-bond acceptors (Lipinski definition) is 3. The van der Waals surface area contributed by atoms with Gasteiger partial charge in [0.15, 0.2) is 0 Å². The van der Waals surface area contributed by atoms with Gasteiger partial charge >= 0.3 is 0 Å². The van der Waals surface area contributed by atoms with Gasteiger partial charge in [0.05, 0.1) is 17.2 Å². The molecule has 4 heteroatoms. The van der Waals surface area contributed by atoms with E-state index in [1.165, 1.54) is 10.8 Å². The SMILES string of the molecule is Brc1ccc(Nc2cnc3cc4ccccc4cc3n2)cc1. The maximum absolute atomic E-state index is 4.66. The second-order valence-corrected chi connectivity index (χ2v) is 5.99. The molecule has 0 radical (unpaired) electrons. The molecular weight excluding hydrogens is 338 g/mol. The lowest BCUT2D eigenvalue weighted by molar-refractivity contribution is 1.28. The highest BCUT2D eigenvalue weighted by molar-refractivity contribution is 9.10. The minimum absolute atomic E-state index is 0.741. The minimum atomic E-state index is 0.741. The van der Waals surface area contributed by atoms with Crippen molar-refractivity contribution < 1.29 is 0 Å². The van der Waals surface area contributed by atoms with Crippen molar-refractivity contribution in [1.82, 2.24) is 9.97 Å². The van der Waals surface area contributed by atoms with Crippen molar-refractivity contribution in [2.24, 2.45) is 0 Å². The number of rotatable bonds is 2. The van der Waals surface area contributed by atoms with Crippen molar-refractivity contribution in [2.75, 3.05) is 5.32 Å². The fraction of sp³-hybridized carbons (Fsp3) is 0. The topological polar surface area (TPSA) is 37.8 Å². The highest BCUT2D eigenvalue weighted by atomic mass is 79.9. The van der Waals surface area contributed by atoms with Crippen LogP contribution in [0.2, 0.25) is 0 Å². The van der Waals surface area contributed by atoms with E-state index in [0.29, 0.717) is 0 Å². The molecule has 0 atom stereocenters. The highest BCUT2D eigenvalue weighted by Gasteiger charge is 2.03. The zero-order valence-corrected chi connectivity index (χ0v) is 13.2. The molecular formula is C18H12BrN3. The van der Waals surface area contributed by atoms with Crippen LogP contribution < -0.4 is 5.32 Å². The van der Waals surface area contributed by atoms with Gasteiger partial charge in [-0.05, 0) is 47.2 Å². The molecule has 4 aromatic rings. The van der Waals surface area contributed by atoms with E-state index in [1.807, 2.05) is 36.4 Å². The average Bonchev–Trinajstić information content (AvgIpc) is 2.55. The number of nitrogens with one attached hydrogen (secondary N) is 1. The van der Waals surface area contributed by atoms with Gasteiger partial charge in [-0.1, -0.05) is 40.2 Å². The van der Waals surface area contributed by atoms with E-state index in [2.05, 4.69) is 55.5 Å². The summed E-state index contributed by atoms with van der Waals surface area (Å²) in [5.41, 5.74) is 2.78. The maximum Gasteiger partial charge on any atom is 0.149 e. The van der Waals surface area contributed by atoms with E-state index in [0.717, 1.165) is 27.0 Å². The normalized spacial score (nSPS) is 11.0. The van der Waals surface area contributed by atoms with E-state index in [4.69, 9.17) is 0 Å². The zero-order valence-electron chi connectivity index (χ0n) is 11.6. The molecule has 0 saturated heterocycles. The van der Waals surface area contributed by atoms with Crippen LogP contribution in [0.15, 0.2) is 71.3 Å². The third-order valence-electron chi connectivity index (χ3n) is 3.53. The summed E-state index contributed by atoms with van der Waals surface area (Å²) in [6.07, 6.45) is 1.76. The predicted octanol–water partition coefficient (Wildman–Crippen LogP) is 5.29. The molecule has 4 rings (SSSR count). The van der Waals surface area contributed by atoms with Gasteiger partial charge in [0.2, 0.25) is 0 Å². The van der Waals surface area contributed by atoms with Crippen molar-refractivity contribution in [2.45, 2.75) is 0 Å². The minimum Gasteiger partial charge on any atom is -0.339 e. The van der Waals surface area contributed by atoms with Crippen LogP contribution in [0.5, 0.6) is 0 Å². The molecule has 0 bridgehead atoms. The van der Waals surface area contributed by atoms with E-state index in [9.17, 15) is 0 Å². The molecule has 0 aliphatic heterocycles. The van der Waals surface area contributed by atoms with Crippen molar-refractivity contribution in [3.63, 3.8) is 0 Å². The van der Waals surface area contributed by atoms with Gasteiger partial charge in [-0.3, -0.25) is 4.98 Å². The molecule has 1 heterocycles. The van der Waals surface area contributed by atoms with Crippen LogP contribution in [0.3, 0.4) is 0 Å². The number of aromatic nitrogens is 2. The molecule has 3 nitrogen and oxygen atoms in total. The summed E-state index contributed by atoms with van der Waals surface area (Å²) in [7, 11) is 0. The molecule has 22 heavy (non-hydrogen) atoms. The number of anilines is 2. The molecule has 0 aliphatic carbocycles. The smallest absolute Gasteiger partial charge is 0.149 e. The lowest BCUT2D eigenvalue weighted by atomic mass is 10.1. The Bertz CT molecular complexity index is 965. The molecule has 0 fully saturated rings. The van der Waals surface area contributed by atoms with Crippen molar-refractivity contribution >= 4 is 49.2 Å². The summed E-state index contributed by atoms with van der Waals surface area (Å²) in [6, 6.07) is 20.4. The van der Waals surface area contributed by atoms with Crippen LogP contribution >= 0.6 is 15.9 Å². The van der Waals surface area contributed by atoms with Crippen LogP contribution in [-0.2, 0) is 0 Å². The first-order chi connectivity index (χ1) is 10.8. The quantitative estimate of drug-likeness (QED) is 0.499.